The molecule has 0 aromatic heterocycles. The van der Waals surface area contributed by atoms with Crippen LogP contribution in [0.2, 0.25) is 0 Å². The van der Waals surface area contributed by atoms with E-state index in [0.717, 1.165) is 12.8 Å². The van der Waals surface area contributed by atoms with Gasteiger partial charge < -0.3 is 20.3 Å². The zero-order valence-electron chi connectivity index (χ0n) is 25.3. The van der Waals surface area contributed by atoms with Crippen molar-refractivity contribution >= 4 is 12.0 Å². The molecule has 41 heavy (non-hydrogen) atoms. The van der Waals surface area contributed by atoms with E-state index in [1.54, 1.807) is 11.9 Å². The van der Waals surface area contributed by atoms with E-state index in [1.807, 2.05) is 24.3 Å². The predicted molar refractivity (Wildman–Crippen MR) is 167 cm³/mol. The van der Waals surface area contributed by atoms with Gasteiger partial charge >= 0.3 is 6.09 Å². The van der Waals surface area contributed by atoms with Crippen molar-refractivity contribution in [2.45, 2.75) is 95.9 Å². The van der Waals surface area contributed by atoms with E-state index in [2.05, 4.69) is 41.8 Å². The Labute approximate surface area is 247 Å². The molecule has 1 fully saturated rings. The zero-order chi connectivity index (χ0) is 28.9. The van der Waals surface area contributed by atoms with Crippen LogP contribution in [0.5, 0.6) is 0 Å². The Hall–Kier alpha value is -2.86. The summed E-state index contributed by atoms with van der Waals surface area (Å²) in [4.78, 5) is 27.7. The first-order valence-corrected chi connectivity index (χ1v) is 16.2. The SMILES string of the molecule is CCCCCCCCCCCCCCNC(=O)[C@@H]1CNC[C@H]1N(C)C(=O)OCC1c2ccccc2-c2ccccc21. The quantitative estimate of drug-likeness (QED) is 0.199. The largest absolute Gasteiger partial charge is 0.448 e. The van der Waals surface area contributed by atoms with Gasteiger partial charge in [-0.2, -0.15) is 0 Å². The Morgan fingerprint density at radius 2 is 1.34 bits per heavy atom. The van der Waals surface area contributed by atoms with Crippen molar-refractivity contribution in [1.29, 1.82) is 0 Å². The van der Waals surface area contributed by atoms with E-state index in [0.29, 0.717) is 19.6 Å². The van der Waals surface area contributed by atoms with E-state index in [9.17, 15) is 9.59 Å². The van der Waals surface area contributed by atoms with Crippen LogP contribution in [0.15, 0.2) is 48.5 Å². The highest BCUT2D eigenvalue weighted by Crippen LogP contribution is 2.44. The standard InChI is InChI=1S/C35H51N3O3/c1-3-4-5-6-7-8-9-10-11-12-13-18-23-37-34(39)31-24-36-25-33(31)38(2)35(40)41-26-32-29-21-16-14-19-27(29)28-20-15-17-22-30(28)32/h14-17,19-22,31-33,36H,3-13,18,23-26H2,1-2H3,(H,37,39)/t31-,33-/m1/s1. The second-order valence-corrected chi connectivity index (χ2v) is 11.9. The van der Waals surface area contributed by atoms with E-state index < -0.39 is 0 Å². The number of ether oxygens (including phenoxy) is 1. The molecule has 2 atom stereocenters. The Balaban J connectivity index is 1.13. The molecule has 1 aliphatic heterocycles. The first-order valence-electron chi connectivity index (χ1n) is 16.2. The number of fused-ring (bicyclic) bond motifs is 3. The summed E-state index contributed by atoms with van der Waals surface area (Å²) in [5.74, 6) is -0.213. The average molecular weight is 562 g/mol. The smallest absolute Gasteiger partial charge is 0.409 e. The van der Waals surface area contributed by atoms with Crippen molar-refractivity contribution in [2.75, 3.05) is 33.3 Å². The number of nitrogens with one attached hydrogen (secondary N) is 2. The summed E-state index contributed by atoms with van der Waals surface area (Å²) in [5, 5.41) is 6.43. The van der Waals surface area contributed by atoms with Gasteiger partial charge in [-0.3, -0.25) is 4.79 Å². The van der Waals surface area contributed by atoms with Crippen LogP contribution >= 0.6 is 0 Å². The molecule has 2 aromatic rings. The fraction of sp³-hybridized carbons (Fsp3) is 0.600. The molecule has 224 valence electrons. The lowest BCUT2D eigenvalue weighted by Gasteiger charge is -2.28. The van der Waals surface area contributed by atoms with Gasteiger partial charge in [0.1, 0.15) is 6.61 Å². The molecule has 6 nitrogen and oxygen atoms in total. The van der Waals surface area contributed by atoms with Crippen LogP contribution in [0.25, 0.3) is 11.1 Å². The summed E-state index contributed by atoms with van der Waals surface area (Å²) in [6.07, 6.45) is 15.3. The first-order chi connectivity index (χ1) is 20.1. The third-order valence-electron chi connectivity index (χ3n) is 8.97. The molecule has 2 aliphatic rings. The van der Waals surface area contributed by atoms with Crippen molar-refractivity contribution in [1.82, 2.24) is 15.5 Å². The van der Waals surface area contributed by atoms with Gasteiger partial charge in [-0.05, 0) is 28.7 Å². The molecule has 1 aliphatic carbocycles. The van der Waals surface area contributed by atoms with Crippen LogP contribution in [0.3, 0.4) is 0 Å². The molecular formula is C35H51N3O3. The molecular weight excluding hydrogens is 510 g/mol. The Morgan fingerprint density at radius 3 is 1.93 bits per heavy atom. The summed E-state index contributed by atoms with van der Waals surface area (Å²) in [5.41, 5.74) is 4.81. The van der Waals surface area contributed by atoms with Gasteiger partial charge in [-0.1, -0.05) is 126 Å². The predicted octanol–water partition coefficient (Wildman–Crippen LogP) is 7.27. The molecule has 0 spiro atoms. The molecule has 2 amide bonds. The second-order valence-electron chi connectivity index (χ2n) is 11.9. The molecule has 0 bridgehead atoms. The Kier molecular flexibility index (Phi) is 12.5. The molecule has 6 heteroatoms. The molecule has 0 saturated carbocycles. The van der Waals surface area contributed by atoms with E-state index in [4.69, 9.17) is 4.74 Å². The van der Waals surface area contributed by atoms with Crippen LogP contribution in [0.4, 0.5) is 4.79 Å². The van der Waals surface area contributed by atoms with Gasteiger partial charge in [-0.25, -0.2) is 4.79 Å². The van der Waals surface area contributed by atoms with Crippen LogP contribution < -0.4 is 10.6 Å². The minimum atomic E-state index is -0.376. The monoisotopic (exact) mass is 561 g/mol. The number of rotatable bonds is 17. The molecule has 1 saturated heterocycles. The number of nitrogens with zero attached hydrogens (tertiary/aromatic N) is 1. The molecule has 2 N–H and O–H groups in total. The average Bonchev–Trinajstić information content (AvgIpc) is 3.61. The Morgan fingerprint density at radius 1 is 0.805 bits per heavy atom. The van der Waals surface area contributed by atoms with Gasteiger partial charge in [0, 0.05) is 32.6 Å². The lowest BCUT2D eigenvalue weighted by Crippen LogP contribution is -2.47. The maximum atomic E-state index is 13.1. The third-order valence-corrected chi connectivity index (χ3v) is 8.97. The Bertz CT molecular complexity index is 1060. The third kappa shape index (κ3) is 8.57. The van der Waals surface area contributed by atoms with Crippen molar-refractivity contribution < 1.29 is 14.3 Å². The molecule has 2 aromatic carbocycles. The highest BCUT2D eigenvalue weighted by Gasteiger charge is 2.38. The molecule has 0 unspecified atom stereocenters. The normalized spacial score (nSPS) is 17.7. The van der Waals surface area contributed by atoms with E-state index >= 15 is 0 Å². The summed E-state index contributed by atoms with van der Waals surface area (Å²) >= 11 is 0. The fourth-order valence-corrected chi connectivity index (χ4v) is 6.48. The molecule has 1 heterocycles. The fourth-order valence-electron chi connectivity index (χ4n) is 6.48. The van der Waals surface area contributed by atoms with Gasteiger partial charge in [0.15, 0.2) is 0 Å². The molecule has 0 radical (unpaired) electrons. The topological polar surface area (TPSA) is 70.7 Å². The highest BCUT2D eigenvalue weighted by molar-refractivity contribution is 5.81. The number of hydrogen-bond donors (Lipinski definition) is 2. The first kappa shape index (κ1) is 31.1. The van der Waals surface area contributed by atoms with Gasteiger partial charge in [0.05, 0.1) is 12.0 Å². The maximum absolute atomic E-state index is 13.1. The van der Waals surface area contributed by atoms with Crippen LogP contribution in [0, 0.1) is 5.92 Å². The maximum Gasteiger partial charge on any atom is 0.409 e. The number of carbonyl (C=O) groups is 2. The minimum absolute atomic E-state index is 0.0242. The summed E-state index contributed by atoms with van der Waals surface area (Å²) < 4.78 is 5.85. The lowest BCUT2D eigenvalue weighted by atomic mass is 9.98. The van der Waals surface area contributed by atoms with E-state index in [1.165, 1.54) is 86.5 Å². The van der Waals surface area contributed by atoms with Crippen LogP contribution in [-0.4, -0.2) is 56.2 Å². The van der Waals surface area contributed by atoms with Gasteiger partial charge in [-0.15, -0.1) is 0 Å². The number of unbranched alkanes of at least 4 members (excludes halogenated alkanes) is 11. The van der Waals surface area contributed by atoms with Crippen molar-refractivity contribution in [3.8, 4) is 11.1 Å². The number of amides is 2. The number of benzene rings is 2. The zero-order valence-corrected chi connectivity index (χ0v) is 25.3. The van der Waals surface area contributed by atoms with Gasteiger partial charge in [0.2, 0.25) is 5.91 Å². The second kappa shape index (κ2) is 16.5. The number of hydrogen-bond acceptors (Lipinski definition) is 4. The van der Waals surface area contributed by atoms with Crippen molar-refractivity contribution in [3.05, 3.63) is 59.7 Å². The van der Waals surface area contributed by atoms with Crippen molar-refractivity contribution in [2.24, 2.45) is 5.92 Å². The number of likely N-dealkylation sites (N-methyl/N-ethyl adjacent to an activating group) is 1. The van der Waals surface area contributed by atoms with E-state index in [-0.39, 0.29) is 36.5 Å². The summed E-state index contributed by atoms with van der Waals surface area (Å²) in [7, 11) is 1.75. The van der Waals surface area contributed by atoms with Crippen molar-refractivity contribution in [3.63, 3.8) is 0 Å². The molecule has 4 rings (SSSR count). The lowest BCUT2D eigenvalue weighted by molar-refractivity contribution is -0.125. The minimum Gasteiger partial charge on any atom is -0.448 e. The number of carbonyl (C=O) groups excluding carboxylic acids is 2. The van der Waals surface area contributed by atoms with Gasteiger partial charge in [0.25, 0.3) is 0 Å². The van der Waals surface area contributed by atoms with Crippen LogP contribution in [-0.2, 0) is 9.53 Å². The summed E-state index contributed by atoms with van der Waals surface area (Å²) in [6, 6.07) is 16.5. The summed E-state index contributed by atoms with van der Waals surface area (Å²) in [6.45, 7) is 4.43. The van der Waals surface area contributed by atoms with Crippen LogP contribution in [0.1, 0.15) is 101 Å². The highest BCUT2D eigenvalue weighted by atomic mass is 16.6.